The second-order valence-electron chi connectivity index (χ2n) is 7.93. The number of carbonyl (C=O) groups is 2. The van der Waals surface area contributed by atoms with Crippen molar-refractivity contribution in [1.82, 2.24) is 15.7 Å². The summed E-state index contributed by atoms with van der Waals surface area (Å²) < 4.78 is 31.2. The molecule has 3 N–H and O–H groups in total. The van der Waals surface area contributed by atoms with E-state index >= 15 is 0 Å². The minimum absolute atomic E-state index is 0.0151. The van der Waals surface area contributed by atoms with Crippen LogP contribution in [-0.2, 0) is 19.4 Å². The van der Waals surface area contributed by atoms with Gasteiger partial charge in [0.25, 0.3) is 0 Å². The summed E-state index contributed by atoms with van der Waals surface area (Å²) in [5.74, 6) is 0.0360. The standard InChI is InChI=1S/C23H29N3O6S/c1-2-13-24-22(28)26-14-12-23(17-21(27)25-29,33(30,31)16-15-26)18-8-10-20(11-9-18)32-19-6-4-3-5-7-19/h3-11,29H,2,12-17H2,1H3,(H,24,28)(H,25,27). The van der Waals surface area contributed by atoms with Gasteiger partial charge in [-0.2, -0.15) is 0 Å². The lowest BCUT2D eigenvalue weighted by Gasteiger charge is -2.32. The van der Waals surface area contributed by atoms with E-state index in [0.29, 0.717) is 23.6 Å². The molecule has 0 aliphatic carbocycles. The van der Waals surface area contributed by atoms with Crippen LogP contribution in [0.5, 0.6) is 11.5 Å². The SMILES string of the molecule is CCCNC(=O)N1CCC(CC(=O)NO)(c2ccc(Oc3ccccc3)cc2)S(=O)(=O)CC1. The third-order valence-corrected chi connectivity index (χ3v) is 8.25. The molecule has 0 aromatic heterocycles. The Morgan fingerprint density at radius 1 is 1.06 bits per heavy atom. The predicted octanol–water partition coefficient (Wildman–Crippen LogP) is 2.81. The van der Waals surface area contributed by atoms with Crippen molar-refractivity contribution < 1.29 is 28.0 Å². The number of rotatable bonds is 7. The fourth-order valence-electron chi connectivity index (χ4n) is 3.93. The van der Waals surface area contributed by atoms with Crippen molar-refractivity contribution in [2.45, 2.75) is 30.9 Å². The topological polar surface area (TPSA) is 125 Å². The Balaban J connectivity index is 1.92. The van der Waals surface area contributed by atoms with Crippen molar-refractivity contribution in [1.29, 1.82) is 0 Å². The van der Waals surface area contributed by atoms with Gasteiger partial charge in [0.1, 0.15) is 16.2 Å². The third-order valence-electron chi connectivity index (χ3n) is 5.75. The maximum absolute atomic E-state index is 13.5. The molecule has 3 amide bonds. The highest BCUT2D eigenvalue weighted by atomic mass is 32.2. The number of hydroxylamine groups is 1. The van der Waals surface area contributed by atoms with Crippen molar-refractivity contribution in [3.63, 3.8) is 0 Å². The molecule has 0 saturated carbocycles. The van der Waals surface area contributed by atoms with Crippen LogP contribution in [0, 0.1) is 0 Å². The predicted molar refractivity (Wildman–Crippen MR) is 123 cm³/mol. The van der Waals surface area contributed by atoms with E-state index in [1.165, 1.54) is 4.90 Å². The van der Waals surface area contributed by atoms with Gasteiger partial charge >= 0.3 is 6.03 Å². The lowest BCUT2D eigenvalue weighted by atomic mass is 9.90. The summed E-state index contributed by atoms with van der Waals surface area (Å²) >= 11 is 0. The second kappa shape index (κ2) is 10.7. The van der Waals surface area contributed by atoms with Gasteiger partial charge in [-0.25, -0.2) is 18.7 Å². The summed E-state index contributed by atoms with van der Waals surface area (Å²) in [5, 5.41) is 11.9. The fourth-order valence-corrected chi connectivity index (χ4v) is 6.03. The van der Waals surface area contributed by atoms with Gasteiger partial charge in [-0.05, 0) is 42.7 Å². The first-order valence-corrected chi connectivity index (χ1v) is 12.5. The molecule has 2 aromatic carbocycles. The molecule has 1 aliphatic rings. The van der Waals surface area contributed by atoms with Crippen LogP contribution in [0.15, 0.2) is 54.6 Å². The quantitative estimate of drug-likeness (QED) is 0.418. The molecule has 10 heteroatoms. The molecule has 1 heterocycles. The lowest BCUT2D eigenvalue weighted by molar-refractivity contribution is -0.130. The number of hydrogen-bond donors (Lipinski definition) is 3. The zero-order chi connectivity index (χ0) is 23.9. The van der Waals surface area contributed by atoms with Crippen LogP contribution in [0.2, 0.25) is 0 Å². The molecule has 9 nitrogen and oxygen atoms in total. The highest BCUT2D eigenvalue weighted by Crippen LogP contribution is 2.41. The summed E-state index contributed by atoms with van der Waals surface area (Å²) in [4.78, 5) is 26.1. The monoisotopic (exact) mass is 475 g/mol. The molecule has 1 saturated heterocycles. The van der Waals surface area contributed by atoms with Gasteiger partial charge in [-0.15, -0.1) is 0 Å². The van der Waals surface area contributed by atoms with Crippen LogP contribution in [0.25, 0.3) is 0 Å². The van der Waals surface area contributed by atoms with Crippen LogP contribution in [0.4, 0.5) is 4.79 Å². The molecule has 178 valence electrons. The van der Waals surface area contributed by atoms with E-state index in [1.54, 1.807) is 41.9 Å². The normalized spacial score (nSPS) is 19.9. The minimum atomic E-state index is -3.87. The van der Waals surface area contributed by atoms with E-state index in [4.69, 9.17) is 9.94 Å². The van der Waals surface area contributed by atoms with Crippen LogP contribution in [0.1, 0.15) is 31.7 Å². The summed E-state index contributed by atoms with van der Waals surface area (Å²) in [5.41, 5.74) is 1.95. The molecule has 0 radical (unpaired) electrons. The fraction of sp³-hybridized carbons (Fsp3) is 0.391. The number of sulfone groups is 1. The number of hydrogen-bond acceptors (Lipinski definition) is 6. The molecule has 2 aromatic rings. The van der Waals surface area contributed by atoms with E-state index in [-0.39, 0.29) is 31.3 Å². The van der Waals surface area contributed by atoms with Gasteiger partial charge in [0.05, 0.1) is 12.2 Å². The number of para-hydroxylation sites is 1. The summed E-state index contributed by atoms with van der Waals surface area (Å²) in [6.45, 7) is 2.59. The van der Waals surface area contributed by atoms with E-state index in [2.05, 4.69) is 5.32 Å². The molecule has 1 fully saturated rings. The Morgan fingerprint density at radius 2 is 1.73 bits per heavy atom. The second-order valence-corrected chi connectivity index (χ2v) is 10.4. The Labute approximate surface area is 193 Å². The molecule has 1 atom stereocenters. The highest BCUT2D eigenvalue weighted by molar-refractivity contribution is 7.92. The van der Waals surface area contributed by atoms with E-state index in [9.17, 15) is 18.0 Å². The van der Waals surface area contributed by atoms with Gasteiger partial charge in [0.15, 0.2) is 9.84 Å². The van der Waals surface area contributed by atoms with Crippen LogP contribution < -0.4 is 15.5 Å². The molecule has 0 bridgehead atoms. The Hall–Kier alpha value is -3.11. The smallest absolute Gasteiger partial charge is 0.317 e. The molecular formula is C23H29N3O6S. The van der Waals surface area contributed by atoms with Gasteiger partial charge in [-0.1, -0.05) is 37.3 Å². The maximum Gasteiger partial charge on any atom is 0.317 e. The highest BCUT2D eigenvalue weighted by Gasteiger charge is 2.48. The van der Waals surface area contributed by atoms with E-state index in [1.807, 2.05) is 25.1 Å². The minimum Gasteiger partial charge on any atom is -0.457 e. The number of carbonyl (C=O) groups excluding carboxylic acids is 2. The van der Waals surface area contributed by atoms with Crippen molar-refractivity contribution >= 4 is 21.8 Å². The van der Waals surface area contributed by atoms with Gasteiger partial charge < -0.3 is 15.0 Å². The molecule has 0 spiro atoms. The van der Waals surface area contributed by atoms with Gasteiger partial charge in [0, 0.05) is 19.6 Å². The molecule has 33 heavy (non-hydrogen) atoms. The third kappa shape index (κ3) is 5.63. The van der Waals surface area contributed by atoms with Crippen molar-refractivity contribution in [2.75, 3.05) is 25.4 Å². The van der Waals surface area contributed by atoms with Crippen LogP contribution >= 0.6 is 0 Å². The molecule has 3 rings (SSSR count). The van der Waals surface area contributed by atoms with E-state index in [0.717, 1.165) is 6.42 Å². The number of amides is 3. The molecular weight excluding hydrogens is 446 g/mol. The number of nitrogens with zero attached hydrogens (tertiary/aromatic N) is 1. The maximum atomic E-state index is 13.5. The summed E-state index contributed by atoms with van der Waals surface area (Å²) in [7, 11) is -3.87. The van der Waals surface area contributed by atoms with Crippen LogP contribution in [0.3, 0.4) is 0 Å². The molecule has 1 aliphatic heterocycles. The van der Waals surface area contributed by atoms with E-state index < -0.39 is 26.9 Å². The van der Waals surface area contributed by atoms with Crippen molar-refractivity contribution in [3.8, 4) is 11.5 Å². The number of nitrogens with one attached hydrogen (secondary N) is 2. The zero-order valence-electron chi connectivity index (χ0n) is 18.5. The first-order valence-electron chi connectivity index (χ1n) is 10.8. The average Bonchev–Trinajstić information content (AvgIpc) is 2.95. The van der Waals surface area contributed by atoms with Crippen LogP contribution in [-0.4, -0.2) is 55.9 Å². The Kier molecular flexibility index (Phi) is 7.93. The largest absolute Gasteiger partial charge is 0.457 e. The zero-order valence-corrected chi connectivity index (χ0v) is 19.3. The van der Waals surface area contributed by atoms with Gasteiger partial charge in [0.2, 0.25) is 5.91 Å². The van der Waals surface area contributed by atoms with Crippen molar-refractivity contribution in [2.24, 2.45) is 0 Å². The summed E-state index contributed by atoms with van der Waals surface area (Å²) in [6, 6.07) is 15.3. The average molecular weight is 476 g/mol. The number of benzene rings is 2. The number of ether oxygens (including phenoxy) is 1. The first-order chi connectivity index (χ1) is 15.8. The first kappa shape index (κ1) is 24.5. The number of urea groups is 1. The Bertz CT molecular complexity index is 1060. The lowest BCUT2D eigenvalue weighted by Crippen LogP contribution is -2.42. The summed E-state index contributed by atoms with van der Waals surface area (Å²) in [6.07, 6.45) is 0.312. The molecule has 1 unspecified atom stereocenters. The van der Waals surface area contributed by atoms with Gasteiger partial charge in [-0.3, -0.25) is 10.0 Å². The van der Waals surface area contributed by atoms with Crippen molar-refractivity contribution in [3.05, 3.63) is 60.2 Å². The Morgan fingerprint density at radius 3 is 2.36 bits per heavy atom.